The predicted octanol–water partition coefficient (Wildman–Crippen LogP) is 1.69. The van der Waals surface area contributed by atoms with Crippen LogP contribution >= 0.6 is 11.5 Å². The Balaban J connectivity index is 2.74. The molecule has 0 aliphatic carbocycles. The summed E-state index contributed by atoms with van der Waals surface area (Å²) >= 11 is 1.09. The lowest BCUT2D eigenvalue weighted by Crippen LogP contribution is -2.32. The Bertz CT molecular complexity index is 407. The third-order valence-corrected chi connectivity index (χ3v) is 2.78. The summed E-state index contributed by atoms with van der Waals surface area (Å²) in [6.07, 6.45) is 0.301. The summed E-state index contributed by atoms with van der Waals surface area (Å²) in [6, 6.07) is 1.86. The van der Waals surface area contributed by atoms with E-state index in [1.54, 1.807) is 6.92 Å². The molecular formula is C10H14N4OS. The van der Waals surface area contributed by atoms with Gasteiger partial charge in [0, 0.05) is 6.04 Å². The first-order chi connectivity index (χ1) is 7.56. The van der Waals surface area contributed by atoms with Gasteiger partial charge < -0.3 is 5.32 Å². The van der Waals surface area contributed by atoms with E-state index >= 15 is 0 Å². The lowest BCUT2D eigenvalue weighted by Gasteiger charge is -2.10. The van der Waals surface area contributed by atoms with Crippen LogP contribution in [0.2, 0.25) is 0 Å². The maximum Gasteiger partial charge on any atom is 0.265 e. The highest BCUT2D eigenvalue weighted by molar-refractivity contribution is 7.08. The minimum absolute atomic E-state index is 0.153. The third-order valence-electron chi connectivity index (χ3n) is 2.04. The summed E-state index contributed by atoms with van der Waals surface area (Å²) in [5, 5.41) is 15.2. The van der Waals surface area contributed by atoms with E-state index in [9.17, 15) is 4.79 Å². The van der Waals surface area contributed by atoms with E-state index in [0.29, 0.717) is 17.0 Å². The van der Waals surface area contributed by atoms with Crippen LogP contribution in [0, 0.1) is 11.3 Å². The van der Waals surface area contributed by atoms with Gasteiger partial charge in [-0.15, -0.1) is 5.10 Å². The Labute approximate surface area is 98.6 Å². The predicted molar refractivity (Wildman–Crippen MR) is 61.2 cm³/mol. The molecule has 1 heterocycles. The number of hydrogen-bond donors (Lipinski definition) is 1. The Morgan fingerprint density at radius 1 is 1.56 bits per heavy atom. The maximum absolute atomic E-state index is 11.8. The summed E-state index contributed by atoms with van der Waals surface area (Å²) in [7, 11) is 0. The van der Waals surface area contributed by atoms with Gasteiger partial charge in [-0.05, 0) is 24.4 Å². The highest BCUT2D eigenvalue weighted by Crippen LogP contribution is 2.19. The van der Waals surface area contributed by atoms with E-state index < -0.39 is 0 Å². The Morgan fingerprint density at radius 3 is 2.81 bits per heavy atom. The van der Waals surface area contributed by atoms with Crippen molar-refractivity contribution in [2.75, 3.05) is 0 Å². The smallest absolute Gasteiger partial charge is 0.265 e. The zero-order valence-electron chi connectivity index (χ0n) is 9.52. The van der Waals surface area contributed by atoms with Gasteiger partial charge in [0.1, 0.15) is 4.88 Å². The first-order valence-corrected chi connectivity index (χ1v) is 5.83. The fourth-order valence-electron chi connectivity index (χ4n) is 1.21. The molecule has 1 atom stereocenters. The lowest BCUT2D eigenvalue weighted by atomic mass is 10.1. The van der Waals surface area contributed by atoms with Crippen molar-refractivity contribution in [2.45, 2.75) is 39.2 Å². The van der Waals surface area contributed by atoms with E-state index in [0.717, 1.165) is 11.5 Å². The van der Waals surface area contributed by atoms with Crippen LogP contribution in [0.1, 0.15) is 48.5 Å². The summed E-state index contributed by atoms with van der Waals surface area (Å²) in [5.74, 6) is -0.0211. The molecule has 1 aromatic rings. The second-order valence-electron chi connectivity index (χ2n) is 3.88. The van der Waals surface area contributed by atoms with Gasteiger partial charge in [0.2, 0.25) is 0 Å². The van der Waals surface area contributed by atoms with Crippen LogP contribution in [-0.4, -0.2) is 21.5 Å². The number of rotatable bonds is 4. The lowest BCUT2D eigenvalue weighted by molar-refractivity contribution is 0.0943. The van der Waals surface area contributed by atoms with Crippen molar-refractivity contribution in [1.29, 1.82) is 5.26 Å². The third kappa shape index (κ3) is 3.00. The van der Waals surface area contributed by atoms with E-state index in [1.165, 1.54) is 0 Å². The topological polar surface area (TPSA) is 78.7 Å². The molecule has 6 heteroatoms. The van der Waals surface area contributed by atoms with E-state index in [2.05, 4.69) is 14.9 Å². The minimum atomic E-state index is -0.193. The molecule has 0 aromatic carbocycles. The van der Waals surface area contributed by atoms with Gasteiger partial charge in [0.25, 0.3) is 5.91 Å². The molecule has 1 unspecified atom stereocenters. The van der Waals surface area contributed by atoms with Gasteiger partial charge in [-0.1, -0.05) is 18.3 Å². The first-order valence-electron chi connectivity index (χ1n) is 5.06. The van der Waals surface area contributed by atoms with Crippen molar-refractivity contribution in [3.8, 4) is 6.07 Å². The standard InChI is InChI=1S/C10H14N4OS/c1-6(2)8-9(16-14-13-8)10(15)12-7(3)4-5-11/h6-7H,4H2,1-3H3,(H,12,15). The molecule has 0 bridgehead atoms. The molecule has 1 aromatic heterocycles. The number of nitriles is 1. The molecule has 16 heavy (non-hydrogen) atoms. The number of nitrogens with zero attached hydrogens (tertiary/aromatic N) is 3. The quantitative estimate of drug-likeness (QED) is 0.865. The van der Waals surface area contributed by atoms with Gasteiger partial charge in [0.15, 0.2) is 0 Å². The summed E-state index contributed by atoms with van der Waals surface area (Å²) < 4.78 is 3.78. The molecule has 5 nitrogen and oxygen atoms in total. The Hall–Kier alpha value is -1.48. The summed E-state index contributed by atoms with van der Waals surface area (Å²) in [5.41, 5.74) is 0.714. The SMILES string of the molecule is CC(CC#N)NC(=O)c1snnc1C(C)C. The summed E-state index contributed by atoms with van der Waals surface area (Å²) in [6.45, 7) is 5.73. The van der Waals surface area contributed by atoms with Gasteiger partial charge in [0.05, 0.1) is 18.2 Å². The number of carbonyl (C=O) groups excluding carboxylic acids is 1. The molecule has 0 fully saturated rings. The fourth-order valence-corrected chi connectivity index (χ4v) is 1.93. The largest absolute Gasteiger partial charge is 0.348 e. The van der Waals surface area contributed by atoms with Crippen LogP contribution < -0.4 is 5.32 Å². The number of carbonyl (C=O) groups is 1. The van der Waals surface area contributed by atoms with Gasteiger partial charge in [-0.3, -0.25) is 4.79 Å². The second-order valence-corrected chi connectivity index (χ2v) is 4.63. The van der Waals surface area contributed by atoms with E-state index in [1.807, 2.05) is 19.9 Å². The van der Waals surface area contributed by atoms with Crippen LogP contribution in [0.15, 0.2) is 0 Å². The van der Waals surface area contributed by atoms with Crippen LogP contribution in [0.25, 0.3) is 0 Å². The summed E-state index contributed by atoms with van der Waals surface area (Å²) in [4.78, 5) is 12.4. The van der Waals surface area contributed by atoms with Crippen molar-refractivity contribution in [3.63, 3.8) is 0 Å². The molecular weight excluding hydrogens is 224 g/mol. The molecule has 0 aliphatic heterocycles. The van der Waals surface area contributed by atoms with E-state index in [-0.39, 0.29) is 17.9 Å². The van der Waals surface area contributed by atoms with Crippen molar-refractivity contribution in [1.82, 2.24) is 14.9 Å². The van der Waals surface area contributed by atoms with Crippen molar-refractivity contribution in [3.05, 3.63) is 10.6 Å². The van der Waals surface area contributed by atoms with Gasteiger partial charge >= 0.3 is 0 Å². The second kappa shape index (κ2) is 5.56. The zero-order valence-corrected chi connectivity index (χ0v) is 10.3. The Kier molecular flexibility index (Phi) is 4.38. The molecule has 0 aliphatic rings. The van der Waals surface area contributed by atoms with Crippen LogP contribution in [0.3, 0.4) is 0 Å². The molecule has 1 rings (SSSR count). The highest BCUT2D eigenvalue weighted by atomic mass is 32.1. The number of hydrogen-bond acceptors (Lipinski definition) is 5. The van der Waals surface area contributed by atoms with Crippen LogP contribution in [-0.2, 0) is 0 Å². The minimum Gasteiger partial charge on any atom is -0.348 e. The first kappa shape index (κ1) is 12.6. The van der Waals surface area contributed by atoms with E-state index in [4.69, 9.17) is 5.26 Å². The highest BCUT2D eigenvalue weighted by Gasteiger charge is 2.19. The molecule has 1 N–H and O–H groups in total. The number of amides is 1. The van der Waals surface area contributed by atoms with Crippen LogP contribution in [0.4, 0.5) is 0 Å². The average molecular weight is 238 g/mol. The zero-order chi connectivity index (χ0) is 12.1. The maximum atomic E-state index is 11.8. The number of nitrogens with one attached hydrogen (secondary N) is 1. The monoisotopic (exact) mass is 238 g/mol. The van der Waals surface area contributed by atoms with Crippen molar-refractivity contribution in [2.24, 2.45) is 0 Å². The average Bonchev–Trinajstić information content (AvgIpc) is 2.65. The van der Waals surface area contributed by atoms with Crippen LogP contribution in [0.5, 0.6) is 0 Å². The van der Waals surface area contributed by atoms with Gasteiger partial charge in [-0.25, -0.2) is 0 Å². The normalized spacial score (nSPS) is 12.2. The molecule has 0 spiro atoms. The van der Waals surface area contributed by atoms with Crippen molar-refractivity contribution >= 4 is 17.4 Å². The van der Waals surface area contributed by atoms with Crippen molar-refractivity contribution < 1.29 is 4.79 Å². The molecule has 0 saturated carbocycles. The fraction of sp³-hybridized carbons (Fsp3) is 0.600. The number of aromatic nitrogens is 2. The molecule has 0 saturated heterocycles. The Morgan fingerprint density at radius 2 is 2.25 bits per heavy atom. The molecule has 86 valence electrons. The molecule has 1 amide bonds. The van der Waals surface area contributed by atoms with Gasteiger partial charge in [-0.2, -0.15) is 5.26 Å². The molecule has 0 radical (unpaired) electrons.